The van der Waals surface area contributed by atoms with Crippen LogP contribution < -0.4 is 5.32 Å². The summed E-state index contributed by atoms with van der Waals surface area (Å²) in [5, 5.41) is 22.1. The summed E-state index contributed by atoms with van der Waals surface area (Å²) in [7, 11) is 0. The molecule has 19 heavy (non-hydrogen) atoms. The lowest BCUT2D eigenvalue weighted by Crippen LogP contribution is -2.15. The molecule has 0 bridgehead atoms. The molecule has 0 saturated heterocycles. The van der Waals surface area contributed by atoms with E-state index in [-0.39, 0.29) is 11.5 Å². The zero-order valence-electron chi connectivity index (χ0n) is 10.8. The molecule has 0 saturated carbocycles. The van der Waals surface area contributed by atoms with E-state index in [0.29, 0.717) is 6.54 Å². The molecule has 0 amide bonds. The average Bonchev–Trinajstić information content (AvgIpc) is 2.42. The Morgan fingerprint density at radius 2 is 1.74 bits per heavy atom. The van der Waals surface area contributed by atoms with Gasteiger partial charge >= 0.3 is 0 Å². The SMILES string of the molecule is Oc1ccc(CNCCCc2ccccc2)c(O)c1. The highest BCUT2D eigenvalue weighted by atomic mass is 16.3. The molecule has 0 radical (unpaired) electrons. The van der Waals surface area contributed by atoms with Crippen LogP contribution in [-0.4, -0.2) is 16.8 Å². The number of hydrogen-bond acceptors (Lipinski definition) is 3. The van der Waals surface area contributed by atoms with Crippen molar-refractivity contribution in [3.63, 3.8) is 0 Å². The fourth-order valence-corrected chi connectivity index (χ4v) is 1.99. The van der Waals surface area contributed by atoms with E-state index in [4.69, 9.17) is 0 Å². The van der Waals surface area contributed by atoms with Crippen molar-refractivity contribution in [1.29, 1.82) is 0 Å². The third-order valence-corrected chi connectivity index (χ3v) is 3.05. The van der Waals surface area contributed by atoms with Gasteiger partial charge in [-0.15, -0.1) is 0 Å². The number of phenols is 2. The molecule has 0 aliphatic rings. The fraction of sp³-hybridized carbons (Fsp3) is 0.250. The van der Waals surface area contributed by atoms with E-state index in [1.165, 1.54) is 11.6 Å². The van der Waals surface area contributed by atoms with E-state index in [2.05, 4.69) is 29.6 Å². The molecule has 3 heteroatoms. The molecule has 2 aromatic rings. The zero-order valence-corrected chi connectivity index (χ0v) is 10.8. The molecule has 3 N–H and O–H groups in total. The second-order valence-electron chi connectivity index (χ2n) is 4.58. The molecule has 0 aliphatic heterocycles. The number of nitrogens with one attached hydrogen (secondary N) is 1. The number of aromatic hydroxyl groups is 2. The van der Waals surface area contributed by atoms with Gasteiger partial charge in [-0.2, -0.15) is 0 Å². The molecule has 0 heterocycles. The van der Waals surface area contributed by atoms with Gasteiger partial charge in [0.1, 0.15) is 11.5 Å². The molecule has 0 aromatic heterocycles. The minimum atomic E-state index is 0.0883. The number of rotatable bonds is 6. The number of aryl methyl sites for hydroxylation is 1. The topological polar surface area (TPSA) is 52.5 Å². The second-order valence-corrected chi connectivity index (χ2v) is 4.58. The van der Waals surface area contributed by atoms with Crippen molar-refractivity contribution < 1.29 is 10.2 Å². The van der Waals surface area contributed by atoms with Gasteiger partial charge in [-0.25, -0.2) is 0 Å². The predicted molar refractivity (Wildman–Crippen MR) is 76.2 cm³/mol. The number of hydrogen-bond donors (Lipinski definition) is 3. The van der Waals surface area contributed by atoms with E-state index >= 15 is 0 Å². The Kier molecular flexibility index (Phi) is 4.81. The Morgan fingerprint density at radius 3 is 2.47 bits per heavy atom. The lowest BCUT2D eigenvalue weighted by Gasteiger charge is -2.07. The average molecular weight is 257 g/mol. The van der Waals surface area contributed by atoms with E-state index in [1.54, 1.807) is 12.1 Å². The maximum absolute atomic E-state index is 9.63. The molecular formula is C16H19NO2. The Hall–Kier alpha value is -2.00. The summed E-state index contributed by atoms with van der Waals surface area (Å²) in [4.78, 5) is 0. The Balaban J connectivity index is 1.69. The number of benzene rings is 2. The summed E-state index contributed by atoms with van der Waals surface area (Å²) < 4.78 is 0. The summed E-state index contributed by atoms with van der Waals surface area (Å²) in [5.41, 5.74) is 2.15. The summed E-state index contributed by atoms with van der Waals surface area (Å²) in [6, 6.07) is 15.1. The highest BCUT2D eigenvalue weighted by Crippen LogP contribution is 2.22. The van der Waals surface area contributed by atoms with Gasteiger partial charge in [-0.3, -0.25) is 0 Å². The maximum atomic E-state index is 9.63. The molecule has 0 unspecified atom stereocenters. The van der Waals surface area contributed by atoms with Crippen molar-refractivity contribution in [2.45, 2.75) is 19.4 Å². The van der Waals surface area contributed by atoms with Crippen LogP contribution in [0.25, 0.3) is 0 Å². The van der Waals surface area contributed by atoms with Crippen LogP contribution in [0.5, 0.6) is 11.5 Å². The van der Waals surface area contributed by atoms with Gasteiger partial charge in [0.2, 0.25) is 0 Å². The van der Waals surface area contributed by atoms with E-state index in [9.17, 15) is 10.2 Å². The quantitative estimate of drug-likeness (QED) is 0.697. The molecule has 2 aromatic carbocycles. The first-order chi connectivity index (χ1) is 9.25. The van der Waals surface area contributed by atoms with Crippen molar-refractivity contribution in [3.8, 4) is 11.5 Å². The molecule has 0 atom stereocenters. The van der Waals surface area contributed by atoms with Gasteiger partial charge in [0.25, 0.3) is 0 Å². The predicted octanol–water partition coefficient (Wildman–Crippen LogP) is 2.82. The van der Waals surface area contributed by atoms with Crippen LogP contribution in [0, 0.1) is 0 Å². The van der Waals surface area contributed by atoms with Crippen molar-refractivity contribution in [2.75, 3.05) is 6.54 Å². The fourth-order valence-electron chi connectivity index (χ4n) is 1.99. The number of phenolic OH excluding ortho intramolecular Hbond substituents is 2. The molecule has 0 aliphatic carbocycles. The molecule has 0 spiro atoms. The second kappa shape index (κ2) is 6.81. The maximum Gasteiger partial charge on any atom is 0.123 e. The molecule has 3 nitrogen and oxygen atoms in total. The van der Waals surface area contributed by atoms with Crippen molar-refractivity contribution in [1.82, 2.24) is 5.32 Å². The third-order valence-electron chi connectivity index (χ3n) is 3.05. The van der Waals surface area contributed by atoms with Gasteiger partial charge in [0.15, 0.2) is 0 Å². The van der Waals surface area contributed by atoms with Crippen LogP contribution in [0.4, 0.5) is 0 Å². The van der Waals surface area contributed by atoms with Gasteiger partial charge in [0.05, 0.1) is 0 Å². The lowest BCUT2D eigenvalue weighted by molar-refractivity contribution is 0.443. The summed E-state index contributed by atoms with van der Waals surface area (Å²) >= 11 is 0. The first kappa shape index (κ1) is 13.4. The van der Waals surface area contributed by atoms with Gasteiger partial charge < -0.3 is 15.5 Å². The van der Waals surface area contributed by atoms with E-state index < -0.39 is 0 Å². The normalized spacial score (nSPS) is 10.5. The molecule has 0 fully saturated rings. The van der Waals surface area contributed by atoms with Crippen LogP contribution in [-0.2, 0) is 13.0 Å². The summed E-state index contributed by atoms with van der Waals surface area (Å²) in [6.07, 6.45) is 2.11. The van der Waals surface area contributed by atoms with Crippen LogP contribution in [0.15, 0.2) is 48.5 Å². The Labute approximate surface area is 113 Å². The minimum Gasteiger partial charge on any atom is -0.508 e. The Morgan fingerprint density at radius 1 is 0.947 bits per heavy atom. The van der Waals surface area contributed by atoms with Crippen LogP contribution in [0.1, 0.15) is 17.5 Å². The van der Waals surface area contributed by atoms with Crippen molar-refractivity contribution >= 4 is 0 Å². The lowest BCUT2D eigenvalue weighted by atomic mass is 10.1. The largest absolute Gasteiger partial charge is 0.508 e. The highest BCUT2D eigenvalue weighted by Gasteiger charge is 2.01. The third kappa shape index (κ3) is 4.30. The van der Waals surface area contributed by atoms with Gasteiger partial charge in [-0.1, -0.05) is 36.4 Å². The van der Waals surface area contributed by atoms with Crippen LogP contribution in [0.3, 0.4) is 0 Å². The van der Waals surface area contributed by atoms with Crippen LogP contribution >= 0.6 is 0 Å². The minimum absolute atomic E-state index is 0.0883. The van der Waals surface area contributed by atoms with Crippen molar-refractivity contribution in [3.05, 3.63) is 59.7 Å². The molecule has 2 rings (SSSR count). The standard InChI is InChI=1S/C16H19NO2/c18-15-9-8-14(16(19)11-15)12-17-10-4-7-13-5-2-1-3-6-13/h1-3,5-6,8-9,11,17-19H,4,7,10,12H2. The van der Waals surface area contributed by atoms with Gasteiger partial charge in [-0.05, 0) is 31.0 Å². The van der Waals surface area contributed by atoms with Crippen LogP contribution in [0.2, 0.25) is 0 Å². The summed E-state index contributed by atoms with van der Waals surface area (Å²) in [6.45, 7) is 1.51. The zero-order chi connectivity index (χ0) is 13.5. The smallest absolute Gasteiger partial charge is 0.123 e. The molecular weight excluding hydrogens is 238 g/mol. The van der Waals surface area contributed by atoms with E-state index in [1.807, 2.05) is 6.07 Å². The highest BCUT2D eigenvalue weighted by molar-refractivity contribution is 5.38. The molecule has 100 valence electrons. The monoisotopic (exact) mass is 257 g/mol. The van der Waals surface area contributed by atoms with Gasteiger partial charge in [0, 0.05) is 18.2 Å². The van der Waals surface area contributed by atoms with E-state index in [0.717, 1.165) is 24.9 Å². The Bertz CT molecular complexity index is 511. The summed E-state index contributed by atoms with van der Waals surface area (Å²) in [5.74, 6) is 0.223. The first-order valence-corrected chi connectivity index (χ1v) is 6.51. The first-order valence-electron chi connectivity index (χ1n) is 6.51. The van der Waals surface area contributed by atoms with Crippen molar-refractivity contribution in [2.24, 2.45) is 0 Å².